The third kappa shape index (κ3) is 10.5. The van der Waals surface area contributed by atoms with Gasteiger partial charge in [-0.05, 0) is 34.6 Å². The Labute approximate surface area is 110 Å². The van der Waals surface area contributed by atoms with Crippen LogP contribution in [0.5, 0.6) is 0 Å². The van der Waals surface area contributed by atoms with Crippen molar-refractivity contribution in [3.05, 3.63) is 0 Å². The number of amides is 1. The minimum atomic E-state index is -3.28. The largest absolute Gasteiger partial charge is 0.353 e. The van der Waals surface area contributed by atoms with E-state index in [2.05, 4.69) is 15.4 Å². The Bertz CT molecular complexity index is 383. The monoisotopic (exact) mass is 279 g/mol. The van der Waals surface area contributed by atoms with Gasteiger partial charge in [0, 0.05) is 17.6 Å². The van der Waals surface area contributed by atoms with E-state index in [0.29, 0.717) is 0 Å². The summed E-state index contributed by atoms with van der Waals surface area (Å²) in [5.74, 6) is -0.159. The molecule has 7 heteroatoms. The highest BCUT2D eigenvalue weighted by atomic mass is 32.2. The van der Waals surface area contributed by atoms with Crippen molar-refractivity contribution < 1.29 is 13.2 Å². The minimum Gasteiger partial charge on any atom is -0.353 e. The first kappa shape index (κ1) is 17.3. The Morgan fingerprint density at radius 3 is 2.00 bits per heavy atom. The van der Waals surface area contributed by atoms with Gasteiger partial charge in [-0.25, -0.2) is 13.1 Å². The van der Waals surface area contributed by atoms with E-state index in [9.17, 15) is 13.2 Å². The van der Waals surface area contributed by atoms with Gasteiger partial charge in [-0.2, -0.15) is 0 Å². The zero-order valence-corrected chi connectivity index (χ0v) is 12.9. The lowest BCUT2D eigenvalue weighted by Crippen LogP contribution is -2.52. The minimum absolute atomic E-state index is 0.127. The molecular formula is C11H25N3O3S. The Hall–Kier alpha value is -0.660. The van der Waals surface area contributed by atoms with E-state index in [0.717, 1.165) is 6.26 Å². The molecule has 0 saturated carbocycles. The van der Waals surface area contributed by atoms with Gasteiger partial charge in [0.25, 0.3) is 0 Å². The molecule has 0 saturated heterocycles. The van der Waals surface area contributed by atoms with E-state index < -0.39 is 15.6 Å². The van der Waals surface area contributed by atoms with Crippen molar-refractivity contribution in [2.24, 2.45) is 0 Å². The molecule has 0 fully saturated rings. The van der Waals surface area contributed by atoms with Gasteiger partial charge in [-0.15, -0.1) is 0 Å². The summed E-state index contributed by atoms with van der Waals surface area (Å²) in [5.41, 5.74) is -0.831. The summed E-state index contributed by atoms with van der Waals surface area (Å²) in [6.07, 6.45) is 1.09. The van der Waals surface area contributed by atoms with Crippen molar-refractivity contribution in [3.63, 3.8) is 0 Å². The number of rotatable bonds is 6. The van der Waals surface area contributed by atoms with Crippen LogP contribution in [0.4, 0.5) is 0 Å². The van der Waals surface area contributed by atoms with Crippen LogP contribution in [0.25, 0.3) is 0 Å². The summed E-state index contributed by atoms with van der Waals surface area (Å²) in [7, 11) is -3.28. The maximum atomic E-state index is 11.6. The fourth-order valence-electron chi connectivity index (χ4n) is 1.27. The molecule has 0 spiro atoms. The summed E-state index contributed by atoms with van der Waals surface area (Å²) in [6, 6.07) is 0. The molecule has 0 bridgehead atoms. The molecule has 0 aromatic heterocycles. The van der Waals surface area contributed by atoms with E-state index in [1.807, 2.05) is 20.8 Å². The quantitative estimate of drug-likeness (QED) is 0.629. The molecule has 0 aliphatic carbocycles. The van der Waals surface area contributed by atoms with Crippen LogP contribution in [0.15, 0.2) is 0 Å². The lowest BCUT2D eigenvalue weighted by Gasteiger charge is -2.26. The van der Waals surface area contributed by atoms with Crippen molar-refractivity contribution in [1.82, 2.24) is 15.4 Å². The van der Waals surface area contributed by atoms with Crippen LogP contribution < -0.4 is 15.4 Å². The van der Waals surface area contributed by atoms with Crippen molar-refractivity contribution >= 4 is 15.9 Å². The molecule has 0 aliphatic heterocycles. The second-order valence-corrected chi connectivity index (χ2v) is 7.89. The maximum absolute atomic E-state index is 11.6. The Morgan fingerprint density at radius 2 is 1.61 bits per heavy atom. The van der Waals surface area contributed by atoms with Crippen molar-refractivity contribution in [3.8, 4) is 0 Å². The molecule has 6 nitrogen and oxygen atoms in total. The molecule has 0 aromatic rings. The second kappa shape index (κ2) is 5.99. The first-order chi connectivity index (χ1) is 7.81. The zero-order valence-electron chi connectivity index (χ0n) is 12.0. The van der Waals surface area contributed by atoms with Crippen LogP contribution in [-0.4, -0.2) is 44.7 Å². The predicted molar refractivity (Wildman–Crippen MR) is 72.8 cm³/mol. The highest BCUT2D eigenvalue weighted by molar-refractivity contribution is 7.88. The Balaban J connectivity index is 4.13. The van der Waals surface area contributed by atoms with Gasteiger partial charge in [0.15, 0.2) is 0 Å². The SMILES string of the molecule is CC(C)(C)NCC(=O)NCC(C)(C)NS(C)(=O)=O. The smallest absolute Gasteiger partial charge is 0.234 e. The van der Waals surface area contributed by atoms with E-state index in [1.54, 1.807) is 13.8 Å². The molecule has 0 radical (unpaired) electrons. The molecule has 0 heterocycles. The highest BCUT2D eigenvalue weighted by Gasteiger charge is 2.22. The molecule has 1 amide bonds. The first-order valence-electron chi connectivity index (χ1n) is 5.81. The van der Waals surface area contributed by atoms with Crippen molar-refractivity contribution in [1.29, 1.82) is 0 Å². The van der Waals surface area contributed by atoms with Gasteiger partial charge in [-0.1, -0.05) is 0 Å². The summed E-state index contributed by atoms with van der Waals surface area (Å²) in [4.78, 5) is 11.6. The summed E-state index contributed by atoms with van der Waals surface area (Å²) in [5, 5.41) is 5.75. The third-order valence-corrected chi connectivity index (χ3v) is 2.89. The van der Waals surface area contributed by atoms with Crippen LogP contribution in [-0.2, 0) is 14.8 Å². The highest BCUT2D eigenvalue weighted by Crippen LogP contribution is 2.02. The van der Waals surface area contributed by atoms with Crippen LogP contribution in [0.3, 0.4) is 0 Å². The topological polar surface area (TPSA) is 87.3 Å². The van der Waals surface area contributed by atoms with E-state index in [1.165, 1.54) is 0 Å². The van der Waals surface area contributed by atoms with Gasteiger partial charge < -0.3 is 10.6 Å². The zero-order chi connectivity index (χ0) is 14.6. The van der Waals surface area contributed by atoms with Gasteiger partial charge >= 0.3 is 0 Å². The van der Waals surface area contributed by atoms with Crippen LogP contribution >= 0.6 is 0 Å². The van der Waals surface area contributed by atoms with Crippen LogP contribution in [0.2, 0.25) is 0 Å². The normalized spacial score (nSPS) is 13.4. The van der Waals surface area contributed by atoms with E-state index in [4.69, 9.17) is 0 Å². The fraction of sp³-hybridized carbons (Fsp3) is 0.909. The lowest BCUT2D eigenvalue weighted by atomic mass is 10.1. The number of carbonyl (C=O) groups excluding carboxylic acids is 1. The van der Waals surface area contributed by atoms with Gasteiger partial charge in [0.1, 0.15) is 0 Å². The third-order valence-electron chi connectivity index (χ3n) is 1.97. The second-order valence-electron chi connectivity index (χ2n) is 6.14. The average Bonchev–Trinajstić information content (AvgIpc) is 2.06. The van der Waals surface area contributed by atoms with Gasteiger partial charge in [-0.3, -0.25) is 4.79 Å². The fourth-order valence-corrected chi connectivity index (χ4v) is 2.34. The van der Waals surface area contributed by atoms with Crippen molar-refractivity contribution in [2.45, 2.75) is 45.7 Å². The van der Waals surface area contributed by atoms with Crippen LogP contribution in [0, 0.1) is 0 Å². The molecule has 0 aromatic carbocycles. The predicted octanol–water partition coefficient (Wildman–Crippen LogP) is -0.181. The average molecular weight is 279 g/mol. The van der Waals surface area contributed by atoms with Gasteiger partial charge in [0.05, 0.1) is 12.8 Å². The molecule has 108 valence electrons. The summed E-state index contributed by atoms with van der Waals surface area (Å²) < 4.78 is 24.7. The molecule has 0 rings (SSSR count). The molecule has 0 unspecified atom stereocenters. The summed E-state index contributed by atoms with van der Waals surface area (Å²) in [6.45, 7) is 9.78. The molecule has 0 atom stereocenters. The molecule has 18 heavy (non-hydrogen) atoms. The molecule has 3 N–H and O–H groups in total. The molecular weight excluding hydrogens is 254 g/mol. The number of nitrogens with one attached hydrogen (secondary N) is 3. The number of sulfonamides is 1. The lowest BCUT2D eigenvalue weighted by molar-refractivity contribution is -0.120. The van der Waals surface area contributed by atoms with E-state index in [-0.39, 0.29) is 24.5 Å². The number of hydrogen-bond donors (Lipinski definition) is 3. The number of hydrogen-bond acceptors (Lipinski definition) is 4. The number of carbonyl (C=O) groups is 1. The Kier molecular flexibility index (Phi) is 5.77. The van der Waals surface area contributed by atoms with E-state index >= 15 is 0 Å². The maximum Gasteiger partial charge on any atom is 0.234 e. The standard InChI is InChI=1S/C11H25N3O3S/c1-10(2,3)13-7-9(15)12-8-11(4,5)14-18(6,16)17/h13-14H,7-8H2,1-6H3,(H,12,15). The molecule has 0 aliphatic rings. The summed E-state index contributed by atoms with van der Waals surface area (Å²) >= 11 is 0. The first-order valence-corrected chi connectivity index (χ1v) is 7.71. The Morgan fingerprint density at radius 1 is 1.11 bits per heavy atom. The van der Waals surface area contributed by atoms with Crippen LogP contribution in [0.1, 0.15) is 34.6 Å². The van der Waals surface area contributed by atoms with Gasteiger partial charge in [0.2, 0.25) is 15.9 Å². The van der Waals surface area contributed by atoms with Crippen molar-refractivity contribution in [2.75, 3.05) is 19.3 Å².